The number of pyridine rings is 1. The van der Waals surface area contributed by atoms with Gasteiger partial charge >= 0.3 is 0 Å². The van der Waals surface area contributed by atoms with Gasteiger partial charge in [-0.3, -0.25) is 4.21 Å². The van der Waals surface area contributed by atoms with Gasteiger partial charge in [-0.05, 0) is 49.4 Å². The van der Waals surface area contributed by atoms with E-state index in [1.807, 2.05) is 24.3 Å². The lowest BCUT2D eigenvalue weighted by Crippen LogP contribution is -2.31. The smallest absolute Gasteiger partial charge is 0.226 e. The van der Waals surface area contributed by atoms with E-state index in [1.54, 1.807) is 40.0 Å². The Balaban J connectivity index is 1.67. The maximum atomic E-state index is 11.4. The highest BCUT2D eigenvalue weighted by molar-refractivity contribution is 7.84. The number of aromatic nitrogens is 3. The molecule has 2 heterocycles. The van der Waals surface area contributed by atoms with E-state index in [0.29, 0.717) is 60.4 Å². The van der Waals surface area contributed by atoms with E-state index in [-0.39, 0.29) is 0 Å². The van der Waals surface area contributed by atoms with Crippen LogP contribution >= 0.6 is 0 Å². The van der Waals surface area contributed by atoms with Crippen molar-refractivity contribution in [2.75, 3.05) is 62.8 Å². The number of ether oxygens (including phenoxy) is 4. The van der Waals surface area contributed by atoms with Crippen LogP contribution in [0.1, 0.15) is 43.9 Å². The second-order valence-corrected chi connectivity index (χ2v) is 12.0. The molecule has 2 aromatic heterocycles. The first-order valence-electron chi connectivity index (χ1n) is 14.4. The molecule has 0 radical (unpaired) electrons. The van der Waals surface area contributed by atoms with Gasteiger partial charge in [-0.25, -0.2) is 15.0 Å². The van der Waals surface area contributed by atoms with E-state index < -0.39 is 10.8 Å². The summed E-state index contributed by atoms with van der Waals surface area (Å²) in [4.78, 5) is 18.7. The van der Waals surface area contributed by atoms with Gasteiger partial charge in [0.25, 0.3) is 0 Å². The van der Waals surface area contributed by atoms with Gasteiger partial charge in [0, 0.05) is 48.8 Å². The molecule has 1 aliphatic rings. The molecule has 42 heavy (non-hydrogen) atoms. The quantitative estimate of drug-likeness (QED) is 0.227. The third-order valence-corrected chi connectivity index (χ3v) is 8.21. The van der Waals surface area contributed by atoms with E-state index >= 15 is 0 Å². The molecule has 1 aromatic carbocycles. The van der Waals surface area contributed by atoms with Crippen molar-refractivity contribution in [3.8, 4) is 23.1 Å². The molecule has 1 saturated carbocycles. The van der Waals surface area contributed by atoms with E-state index in [4.69, 9.17) is 23.9 Å². The lowest BCUT2D eigenvalue weighted by Gasteiger charge is -2.30. The molecular formula is C31H43N5O5S. The predicted octanol–water partition coefficient (Wildman–Crippen LogP) is 4.88. The zero-order valence-corrected chi connectivity index (χ0v) is 26.2. The summed E-state index contributed by atoms with van der Waals surface area (Å²) in [5, 5.41) is 0. The van der Waals surface area contributed by atoms with Crippen LogP contribution in [0.4, 0.5) is 11.6 Å². The van der Waals surface area contributed by atoms with Crippen molar-refractivity contribution in [1.82, 2.24) is 15.0 Å². The minimum atomic E-state index is -0.930. The van der Waals surface area contributed by atoms with Crippen LogP contribution in [0.5, 0.6) is 23.1 Å². The molecule has 1 aliphatic carbocycles. The third-order valence-electron chi connectivity index (χ3n) is 7.47. The third kappa shape index (κ3) is 8.70. The normalized spacial score (nSPS) is 13.9. The molecule has 0 saturated heterocycles. The van der Waals surface area contributed by atoms with Crippen LogP contribution < -0.4 is 28.7 Å². The largest absolute Gasteiger partial charge is 0.497 e. The van der Waals surface area contributed by atoms with E-state index in [0.717, 1.165) is 30.0 Å². The van der Waals surface area contributed by atoms with E-state index in [9.17, 15) is 4.21 Å². The highest BCUT2D eigenvalue weighted by Gasteiger charge is 2.23. The lowest BCUT2D eigenvalue weighted by atomic mass is 10.1. The summed E-state index contributed by atoms with van der Waals surface area (Å²) in [7, 11) is 3.99. The molecule has 3 aromatic rings. The Hall–Kier alpha value is -3.60. The first-order valence-corrected chi connectivity index (χ1v) is 16.2. The SMILES string of the molecule is CCN(CC1CCCC1)c1ccc(OC)nc1CN(Cc1cc(OC)cc(OC)c1)c1ncc(OCCS(C)=O)cn1. The fourth-order valence-corrected chi connectivity index (χ4v) is 5.59. The van der Waals surface area contributed by atoms with Gasteiger partial charge in [-0.15, -0.1) is 0 Å². The monoisotopic (exact) mass is 597 g/mol. The Kier molecular flexibility index (Phi) is 11.6. The number of anilines is 2. The van der Waals surface area contributed by atoms with E-state index in [1.165, 1.54) is 25.7 Å². The number of hydrogen-bond donors (Lipinski definition) is 0. The van der Waals surface area contributed by atoms with Crippen molar-refractivity contribution in [2.45, 2.75) is 45.7 Å². The number of rotatable bonds is 16. The summed E-state index contributed by atoms with van der Waals surface area (Å²) < 4.78 is 33.7. The van der Waals surface area contributed by atoms with Crippen molar-refractivity contribution in [1.29, 1.82) is 0 Å². The molecule has 0 aliphatic heterocycles. The summed E-state index contributed by atoms with van der Waals surface area (Å²) in [6.45, 7) is 5.35. The first kappa shape index (κ1) is 31.3. The highest BCUT2D eigenvalue weighted by Crippen LogP contribution is 2.31. The Bertz CT molecular complexity index is 1280. The number of hydrogen-bond acceptors (Lipinski definition) is 10. The molecule has 0 amide bonds. The second-order valence-electron chi connectivity index (χ2n) is 10.4. The fourth-order valence-electron chi connectivity index (χ4n) is 5.27. The van der Waals surface area contributed by atoms with Gasteiger partial charge < -0.3 is 28.7 Å². The van der Waals surface area contributed by atoms with E-state index in [2.05, 4.69) is 32.8 Å². The van der Waals surface area contributed by atoms with Crippen LogP contribution in [0.2, 0.25) is 0 Å². The fraction of sp³-hybridized carbons (Fsp3) is 0.516. The molecule has 1 fully saturated rings. The van der Waals surface area contributed by atoms with Gasteiger partial charge in [-0.1, -0.05) is 12.8 Å². The number of methoxy groups -OCH3 is 3. The van der Waals surface area contributed by atoms with Crippen molar-refractivity contribution >= 4 is 22.4 Å². The zero-order valence-electron chi connectivity index (χ0n) is 25.4. The molecule has 0 bridgehead atoms. The van der Waals surface area contributed by atoms with Crippen molar-refractivity contribution < 1.29 is 23.2 Å². The van der Waals surface area contributed by atoms with Gasteiger partial charge in [0.15, 0.2) is 5.75 Å². The number of nitrogens with zero attached hydrogens (tertiary/aromatic N) is 5. The molecule has 1 atom stereocenters. The van der Waals surface area contributed by atoms with Crippen LogP contribution in [0, 0.1) is 5.92 Å². The molecule has 11 heteroatoms. The standard InChI is InChI=1S/C31H43N5O5S/c1-6-35(20-23-9-7-8-10-23)29-11-12-30(40-4)34-28(29)22-36(21-24-15-25(38-2)17-26(16-24)39-3)31-32-18-27(19-33-31)41-13-14-42(5)37/h11-12,15-19,23H,6-10,13-14,20-22H2,1-5H3. The Labute approximate surface area is 251 Å². The summed E-state index contributed by atoms with van der Waals surface area (Å²) in [6.07, 6.45) is 10.1. The topological polar surface area (TPSA) is 99.1 Å². The molecular weight excluding hydrogens is 554 g/mol. The van der Waals surface area contributed by atoms with Gasteiger partial charge in [0.05, 0.1) is 64.0 Å². The summed E-state index contributed by atoms with van der Waals surface area (Å²) >= 11 is 0. The number of benzene rings is 1. The van der Waals surface area contributed by atoms with Crippen LogP contribution in [0.25, 0.3) is 0 Å². The first-order chi connectivity index (χ1) is 20.4. The summed E-state index contributed by atoms with van der Waals surface area (Å²) in [5.41, 5.74) is 2.95. The van der Waals surface area contributed by atoms with Crippen molar-refractivity contribution in [3.63, 3.8) is 0 Å². The van der Waals surface area contributed by atoms with Crippen molar-refractivity contribution in [3.05, 3.63) is 54.0 Å². The minimum Gasteiger partial charge on any atom is -0.497 e. The Morgan fingerprint density at radius 2 is 1.60 bits per heavy atom. The highest BCUT2D eigenvalue weighted by atomic mass is 32.2. The second kappa shape index (κ2) is 15.6. The summed E-state index contributed by atoms with van der Waals surface area (Å²) in [6, 6.07) is 9.86. The van der Waals surface area contributed by atoms with Crippen LogP contribution in [0.3, 0.4) is 0 Å². The molecule has 10 nitrogen and oxygen atoms in total. The lowest BCUT2D eigenvalue weighted by molar-refractivity contribution is 0.339. The van der Waals surface area contributed by atoms with Gasteiger partial charge in [0.1, 0.15) is 11.5 Å². The van der Waals surface area contributed by atoms with Crippen LogP contribution in [-0.4, -0.2) is 72.2 Å². The predicted molar refractivity (Wildman–Crippen MR) is 167 cm³/mol. The zero-order chi connectivity index (χ0) is 29.9. The van der Waals surface area contributed by atoms with Crippen molar-refractivity contribution in [2.24, 2.45) is 5.92 Å². The molecule has 1 unspecified atom stereocenters. The minimum absolute atomic E-state index is 0.337. The molecule has 228 valence electrons. The van der Waals surface area contributed by atoms with Gasteiger partial charge in [0.2, 0.25) is 11.8 Å². The maximum Gasteiger partial charge on any atom is 0.226 e. The molecule has 0 N–H and O–H groups in total. The average molecular weight is 598 g/mol. The van der Waals surface area contributed by atoms with Crippen LogP contribution in [-0.2, 0) is 23.9 Å². The van der Waals surface area contributed by atoms with Gasteiger partial charge in [-0.2, -0.15) is 0 Å². The summed E-state index contributed by atoms with van der Waals surface area (Å²) in [5.74, 6) is 4.17. The van der Waals surface area contributed by atoms with Crippen LogP contribution in [0.15, 0.2) is 42.7 Å². The Morgan fingerprint density at radius 1 is 0.905 bits per heavy atom. The average Bonchev–Trinajstić information content (AvgIpc) is 3.53. The molecule has 4 rings (SSSR count). The molecule has 0 spiro atoms. The Morgan fingerprint density at radius 3 is 2.19 bits per heavy atom. The maximum absolute atomic E-state index is 11.4.